The molecule has 0 aliphatic heterocycles. The first-order valence-corrected chi connectivity index (χ1v) is 7.43. The molecule has 0 unspecified atom stereocenters. The van der Waals surface area contributed by atoms with Crippen LogP contribution in [0.2, 0.25) is 0 Å². The summed E-state index contributed by atoms with van der Waals surface area (Å²) in [5, 5.41) is 5.35. The van der Waals surface area contributed by atoms with E-state index in [1.54, 1.807) is 27.2 Å². The minimum atomic E-state index is -3.66. The van der Waals surface area contributed by atoms with Gasteiger partial charge >= 0.3 is 6.03 Å². The molecule has 0 atom stereocenters. The predicted octanol–water partition coefficient (Wildman–Crippen LogP) is -0.327. The van der Waals surface area contributed by atoms with Gasteiger partial charge in [-0.25, -0.2) is 17.9 Å². The molecule has 0 saturated heterocycles. The lowest BCUT2D eigenvalue weighted by molar-refractivity contribution is 0.217. The summed E-state index contributed by atoms with van der Waals surface area (Å²) in [4.78, 5) is 16.5. The molecule has 0 spiro atoms. The number of hydrogen-bond acceptors (Lipinski definition) is 5. The fourth-order valence-electron chi connectivity index (χ4n) is 1.39. The Morgan fingerprint density at radius 3 is 2.65 bits per heavy atom. The van der Waals surface area contributed by atoms with Crippen LogP contribution in [0, 0.1) is 0 Å². The van der Waals surface area contributed by atoms with Crippen LogP contribution in [0.25, 0.3) is 0 Å². The topological polar surface area (TPSA) is 103 Å². The van der Waals surface area contributed by atoms with E-state index in [0.29, 0.717) is 5.69 Å². The van der Waals surface area contributed by atoms with E-state index in [2.05, 4.69) is 20.3 Å². The Bertz CT molecular complexity index is 559. The third-order valence-electron chi connectivity index (χ3n) is 2.44. The molecular weight excluding hydrogens is 282 g/mol. The van der Waals surface area contributed by atoms with Crippen molar-refractivity contribution >= 4 is 21.7 Å². The van der Waals surface area contributed by atoms with E-state index in [9.17, 15) is 13.2 Å². The van der Waals surface area contributed by atoms with Crippen molar-refractivity contribution < 1.29 is 13.2 Å². The second-order valence-corrected chi connectivity index (χ2v) is 5.88. The zero-order valence-corrected chi connectivity index (χ0v) is 12.5. The Morgan fingerprint density at radius 2 is 2.05 bits per heavy atom. The van der Waals surface area contributed by atoms with Crippen molar-refractivity contribution in [3.8, 4) is 0 Å². The lowest BCUT2D eigenvalue weighted by Crippen LogP contribution is -2.39. The highest BCUT2D eigenvalue weighted by Crippen LogP contribution is 2.18. The fourth-order valence-corrected chi connectivity index (χ4v) is 2.58. The molecule has 20 heavy (non-hydrogen) atoms. The predicted molar refractivity (Wildman–Crippen MR) is 76.1 cm³/mol. The van der Waals surface area contributed by atoms with Crippen LogP contribution in [-0.2, 0) is 10.0 Å². The van der Waals surface area contributed by atoms with Crippen molar-refractivity contribution in [2.24, 2.45) is 0 Å². The largest absolute Gasteiger partial charge is 0.387 e. The van der Waals surface area contributed by atoms with Crippen molar-refractivity contribution in [3.05, 3.63) is 18.5 Å². The van der Waals surface area contributed by atoms with E-state index >= 15 is 0 Å². The van der Waals surface area contributed by atoms with Crippen LogP contribution < -0.4 is 15.4 Å². The SMILES string of the molecule is CNc1ccncc1S(=O)(=O)NCCNC(=O)N(C)C. The number of aromatic nitrogens is 1. The van der Waals surface area contributed by atoms with Gasteiger partial charge in [-0.15, -0.1) is 0 Å². The van der Waals surface area contributed by atoms with Crippen LogP contribution in [0.1, 0.15) is 0 Å². The minimum absolute atomic E-state index is 0.0708. The van der Waals surface area contributed by atoms with E-state index in [1.165, 1.54) is 17.3 Å². The maximum absolute atomic E-state index is 12.1. The van der Waals surface area contributed by atoms with Gasteiger partial charge in [0, 0.05) is 46.6 Å². The Hall–Kier alpha value is -1.87. The van der Waals surface area contributed by atoms with Crippen molar-refractivity contribution in [1.82, 2.24) is 19.9 Å². The summed E-state index contributed by atoms with van der Waals surface area (Å²) in [5.41, 5.74) is 0.463. The van der Waals surface area contributed by atoms with Gasteiger partial charge in [0.1, 0.15) is 4.90 Å². The second-order valence-electron chi connectivity index (χ2n) is 4.15. The lowest BCUT2D eigenvalue weighted by atomic mass is 10.4. The molecule has 1 aromatic heterocycles. The smallest absolute Gasteiger partial charge is 0.316 e. The summed E-state index contributed by atoms with van der Waals surface area (Å²) in [6, 6.07) is 1.30. The van der Waals surface area contributed by atoms with Crippen LogP contribution in [0.5, 0.6) is 0 Å². The normalized spacial score (nSPS) is 10.9. The zero-order valence-electron chi connectivity index (χ0n) is 11.7. The van der Waals surface area contributed by atoms with Crippen LogP contribution in [0.15, 0.2) is 23.4 Å². The molecule has 0 radical (unpaired) electrons. The molecule has 8 nitrogen and oxygen atoms in total. The molecule has 3 N–H and O–H groups in total. The summed E-state index contributed by atoms with van der Waals surface area (Å²) in [6.07, 6.45) is 2.77. The van der Waals surface area contributed by atoms with Crippen molar-refractivity contribution in [2.75, 3.05) is 39.5 Å². The van der Waals surface area contributed by atoms with Gasteiger partial charge in [0.15, 0.2) is 0 Å². The second kappa shape index (κ2) is 7.06. The number of carbonyl (C=O) groups excluding carboxylic acids is 1. The first-order chi connectivity index (χ1) is 9.38. The Labute approximate surface area is 118 Å². The van der Waals surface area contributed by atoms with Gasteiger partial charge in [-0.3, -0.25) is 4.98 Å². The van der Waals surface area contributed by atoms with E-state index < -0.39 is 10.0 Å². The quantitative estimate of drug-likeness (QED) is 0.624. The highest BCUT2D eigenvalue weighted by atomic mass is 32.2. The van der Waals surface area contributed by atoms with E-state index in [1.807, 2.05) is 0 Å². The van der Waals surface area contributed by atoms with E-state index in [4.69, 9.17) is 0 Å². The van der Waals surface area contributed by atoms with E-state index in [0.717, 1.165) is 0 Å². The maximum atomic E-state index is 12.1. The van der Waals surface area contributed by atoms with Gasteiger partial charge in [0.2, 0.25) is 10.0 Å². The van der Waals surface area contributed by atoms with Crippen LogP contribution >= 0.6 is 0 Å². The Morgan fingerprint density at radius 1 is 1.35 bits per heavy atom. The summed E-state index contributed by atoms with van der Waals surface area (Å²) >= 11 is 0. The molecule has 2 amide bonds. The van der Waals surface area contributed by atoms with Crippen LogP contribution in [0.3, 0.4) is 0 Å². The molecule has 1 aromatic rings. The molecule has 9 heteroatoms. The molecule has 0 fully saturated rings. The summed E-state index contributed by atoms with van der Waals surface area (Å²) in [5.74, 6) is 0. The third kappa shape index (κ3) is 4.35. The Balaban J connectivity index is 2.60. The molecular formula is C11H19N5O3S. The molecule has 0 aliphatic carbocycles. The number of hydrogen-bond donors (Lipinski definition) is 3. The standard InChI is InChI=1S/C11H19N5O3S/c1-12-9-4-5-13-8-10(9)20(18,19)15-7-6-14-11(17)16(2)3/h4-5,8,15H,6-7H2,1-3H3,(H,12,13)(H,14,17). The summed E-state index contributed by atoms with van der Waals surface area (Å²) < 4.78 is 26.6. The molecule has 0 saturated carbocycles. The summed E-state index contributed by atoms with van der Waals surface area (Å²) in [7, 11) is 1.18. The zero-order chi connectivity index (χ0) is 15.2. The van der Waals surface area contributed by atoms with Crippen LogP contribution in [-0.4, -0.2) is 58.6 Å². The highest BCUT2D eigenvalue weighted by Gasteiger charge is 2.17. The van der Waals surface area contributed by atoms with Gasteiger partial charge in [0.05, 0.1) is 5.69 Å². The number of anilines is 1. The molecule has 112 valence electrons. The highest BCUT2D eigenvalue weighted by molar-refractivity contribution is 7.89. The van der Waals surface area contributed by atoms with Gasteiger partial charge in [-0.05, 0) is 6.07 Å². The van der Waals surface area contributed by atoms with Crippen molar-refractivity contribution in [3.63, 3.8) is 0 Å². The van der Waals surface area contributed by atoms with Gasteiger partial charge in [-0.1, -0.05) is 0 Å². The fraction of sp³-hybridized carbons (Fsp3) is 0.455. The molecule has 1 rings (SSSR count). The number of pyridine rings is 1. The van der Waals surface area contributed by atoms with Gasteiger partial charge in [0.25, 0.3) is 0 Å². The molecule has 1 heterocycles. The minimum Gasteiger partial charge on any atom is -0.387 e. The van der Waals surface area contributed by atoms with Gasteiger partial charge in [-0.2, -0.15) is 0 Å². The number of nitrogens with zero attached hydrogens (tertiary/aromatic N) is 2. The number of urea groups is 1. The number of sulfonamides is 1. The van der Waals surface area contributed by atoms with E-state index in [-0.39, 0.29) is 24.0 Å². The lowest BCUT2D eigenvalue weighted by Gasteiger charge is -2.13. The summed E-state index contributed by atoms with van der Waals surface area (Å²) in [6.45, 7) is 0.297. The Kier molecular flexibility index (Phi) is 5.71. The van der Waals surface area contributed by atoms with Crippen molar-refractivity contribution in [2.45, 2.75) is 4.90 Å². The molecule has 0 aromatic carbocycles. The van der Waals surface area contributed by atoms with Crippen molar-refractivity contribution in [1.29, 1.82) is 0 Å². The van der Waals surface area contributed by atoms with Crippen LogP contribution in [0.4, 0.5) is 10.5 Å². The number of amides is 2. The average Bonchev–Trinajstić information content (AvgIpc) is 2.43. The molecule has 0 bridgehead atoms. The average molecular weight is 301 g/mol. The number of rotatable bonds is 6. The van der Waals surface area contributed by atoms with Gasteiger partial charge < -0.3 is 15.5 Å². The third-order valence-corrected chi connectivity index (χ3v) is 3.93. The first kappa shape index (κ1) is 16.2. The number of carbonyl (C=O) groups is 1. The first-order valence-electron chi connectivity index (χ1n) is 5.95. The molecule has 0 aliphatic rings. The maximum Gasteiger partial charge on any atom is 0.316 e. The monoisotopic (exact) mass is 301 g/mol. The number of nitrogens with one attached hydrogen (secondary N) is 3.